The first-order chi connectivity index (χ1) is 9.60. The van der Waals surface area contributed by atoms with E-state index in [1.165, 1.54) is 6.07 Å². The first-order valence-electron chi connectivity index (χ1n) is 6.47. The Morgan fingerprint density at radius 3 is 2.45 bits per heavy atom. The molecule has 1 fully saturated rings. The minimum atomic E-state index is -1.10. The zero-order valence-corrected chi connectivity index (χ0v) is 11.5. The molecule has 2 rings (SSSR count). The van der Waals surface area contributed by atoms with Crippen molar-refractivity contribution < 1.29 is 24.1 Å². The van der Waals surface area contributed by atoms with E-state index >= 15 is 0 Å². The molecule has 0 atom stereocenters. The molecule has 5 nitrogen and oxygen atoms in total. The summed E-state index contributed by atoms with van der Waals surface area (Å²) in [4.78, 5) is 12.6. The monoisotopic (exact) mass is 285 g/mol. The largest absolute Gasteiger partial charge is 0.478 e. The summed E-state index contributed by atoms with van der Waals surface area (Å²) in [5.74, 6) is -1.54. The Hall–Kier alpha value is -1.66. The van der Waals surface area contributed by atoms with E-state index in [4.69, 9.17) is 10.2 Å². The average molecular weight is 285 g/mol. The number of carboxylic acid groups (broad SMARTS) is 1. The Kier molecular flexibility index (Phi) is 6.97. The van der Waals surface area contributed by atoms with Crippen LogP contribution in [0.5, 0.6) is 0 Å². The molecule has 1 heterocycles. The summed E-state index contributed by atoms with van der Waals surface area (Å²) in [6.45, 7) is 2.27. The van der Waals surface area contributed by atoms with Gasteiger partial charge in [-0.05, 0) is 31.0 Å². The summed E-state index contributed by atoms with van der Waals surface area (Å²) in [6.07, 6.45) is 2.14. The topological polar surface area (TPSA) is 70.0 Å². The lowest BCUT2D eigenvalue weighted by Crippen LogP contribution is -2.19. The second-order valence-corrected chi connectivity index (χ2v) is 4.38. The molecule has 0 radical (unpaired) electrons. The number of hydrogen-bond acceptors (Lipinski definition) is 4. The molecule has 0 aliphatic carbocycles. The van der Waals surface area contributed by atoms with E-state index in [0.717, 1.165) is 32.0 Å². The minimum Gasteiger partial charge on any atom is -0.478 e. The van der Waals surface area contributed by atoms with Gasteiger partial charge in [-0.2, -0.15) is 0 Å². The molecule has 2 N–H and O–H groups in total. The highest BCUT2D eigenvalue weighted by Crippen LogP contribution is 2.24. The second-order valence-electron chi connectivity index (χ2n) is 4.38. The third kappa shape index (κ3) is 4.79. The summed E-state index contributed by atoms with van der Waals surface area (Å²) >= 11 is 0. The van der Waals surface area contributed by atoms with Crippen LogP contribution in [0.3, 0.4) is 0 Å². The molecular formula is C14H20FNO4. The van der Waals surface area contributed by atoms with Crippen LogP contribution in [-0.4, -0.2) is 49.6 Å². The zero-order valence-electron chi connectivity index (χ0n) is 11.5. The van der Waals surface area contributed by atoms with Gasteiger partial charge in [-0.1, -0.05) is 0 Å². The smallest absolute Gasteiger partial charge is 0.335 e. The fraction of sp³-hybridized carbons (Fsp3) is 0.500. The van der Waals surface area contributed by atoms with Crippen LogP contribution < -0.4 is 4.90 Å². The Bertz CT molecular complexity index is 431. The van der Waals surface area contributed by atoms with Gasteiger partial charge in [0.15, 0.2) is 0 Å². The summed E-state index contributed by atoms with van der Waals surface area (Å²) in [7, 11) is 1.55. The molecule has 1 aromatic carbocycles. The number of halogens is 1. The number of anilines is 1. The van der Waals surface area contributed by atoms with Crippen LogP contribution in [0.15, 0.2) is 18.2 Å². The van der Waals surface area contributed by atoms with Crippen LogP contribution in [0.4, 0.5) is 10.1 Å². The predicted octanol–water partition coefficient (Wildman–Crippen LogP) is 1.75. The van der Waals surface area contributed by atoms with Crippen LogP contribution in [0, 0.1) is 5.82 Å². The van der Waals surface area contributed by atoms with Gasteiger partial charge in [-0.3, -0.25) is 0 Å². The molecule has 0 aromatic heterocycles. The molecule has 1 saturated heterocycles. The van der Waals surface area contributed by atoms with E-state index < -0.39 is 11.8 Å². The van der Waals surface area contributed by atoms with Crippen LogP contribution in [0.1, 0.15) is 23.2 Å². The van der Waals surface area contributed by atoms with Gasteiger partial charge in [0, 0.05) is 20.2 Å². The SMILES string of the molecule is COCCO.O=C(O)c1ccc(N2CCCC2)c(F)c1. The average Bonchev–Trinajstić information content (AvgIpc) is 2.94. The molecular weight excluding hydrogens is 265 g/mol. The highest BCUT2D eigenvalue weighted by molar-refractivity contribution is 5.88. The number of nitrogens with zero attached hydrogens (tertiary/aromatic N) is 1. The van der Waals surface area contributed by atoms with Gasteiger partial charge in [-0.25, -0.2) is 9.18 Å². The number of aliphatic hydroxyl groups excluding tert-OH is 1. The maximum Gasteiger partial charge on any atom is 0.335 e. The van der Waals surface area contributed by atoms with Gasteiger partial charge < -0.3 is 19.8 Å². The van der Waals surface area contributed by atoms with Gasteiger partial charge in [-0.15, -0.1) is 0 Å². The van der Waals surface area contributed by atoms with Crippen LogP contribution in [0.2, 0.25) is 0 Å². The maximum absolute atomic E-state index is 13.6. The highest BCUT2D eigenvalue weighted by Gasteiger charge is 2.17. The first kappa shape index (κ1) is 16.4. The zero-order chi connectivity index (χ0) is 15.0. The number of carboxylic acids is 1. The van der Waals surface area contributed by atoms with Crippen molar-refractivity contribution in [1.82, 2.24) is 0 Å². The quantitative estimate of drug-likeness (QED) is 0.882. The van der Waals surface area contributed by atoms with Gasteiger partial charge in [0.1, 0.15) is 5.82 Å². The number of methoxy groups -OCH3 is 1. The summed E-state index contributed by atoms with van der Waals surface area (Å²) in [5, 5.41) is 16.6. The second kappa shape index (κ2) is 8.50. The Labute approximate surface area is 117 Å². The van der Waals surface area contributed by atoms with Crippen LogP contribution in [-0.2, 0) is 4.74 Å². The van der Waals surface area contributed by atoms with Gasteiger partial charge >= 0.3 is 5.97 Å². The predicted molar refractivity (Wildman–Crippen MR) is 73.8 cm³/mol. The fourth-order valence-corrected chi connectivity index (χ4v) is 1.95. The van der Waals surface area contributed by atoms with Crippen molar-refractivity contribution in [3.8, 4) is 0 Å². The van der Waals surface area contributed by atoms with E-state index in [-0.39, 0.29) is 12.2 Å². The van der Waals surface area contributed by atoms with Crippen molar-refractivity contribution in [2.75, 3.05) is 38.3 Å². The molecule has 0 unspecified atom stereocenters. The fourth-order valence-electron chi connectivity index (χ4n) is 1.95. The Morgan fingerprint density at radius 1 is 1.40 bits per heavy atom. The number of aromatic carboxylic acids is 1. The van der Waals surface area contributed by atoms with Gasteiger partial charge in [0.2, 0.25) is 0 Å². The Balaban J connectivity index is 0.000000347. The van der Waals surface area contributed by atoms with E-state index in [1.807, 2.05) is 4.90 Å². The summed E-state index contributed by atoms with van der Waals surface area (Å²) in [5.41, 5.74) is 0.507. The Morgan fingerprint density at radius 2 is 2.05 bits per heavy atom. The lowest BCUT2D eigenvalue weighted by molar-refractivity contribution is 0.0696. The molecule has 112 valence electrons. The van der Waals surface area contributed by atoms with Gasteiger partial charge in [0.25, 0.3) is 0 Å². The highest BCUT2D eigenvalue weighted by atomic mass is 19.1. The van der Waals surface area contributed by atoms with Crippen molar-refractivity contribution in [3.05, 3.63) is 29.6 Å². The van der Waals surface area contributed by atoms with Crippen LogP contribution in [0.25, 0.3) is 0 Å². The third-order valence-corrected chi connectivity index (χ3v) is 2.94. The van der Waals surface area contributed by atoms with E-state index in [9.17, 15) is 9.18 Å². The maximum atomic E-state index is 13.6. The lowest BCUT2D eigenvalue weighted by atomic mass is 10.2. The van der Waals surface area contributed by atoms with Crippen molar-refractivity contribution in [2.45, 2.75) is 12.8 Å². The van der Waals surface area contributed by atoms with Crippen molar-refractivity contribution in [3.63, 3.8) is 0 Å². The van der Waals surface area contributed by atoms with Crippen molar-refractivity contribution >= 4 is 11.7 Å². The summed E-state index contributed by atoms with van der Waals surface area (Å²) in [6, 6.07) is 4.07. The van der Waals surface area contributed by atoms with E-state index in [2.05, 4.69) is 4.74 Å². The van der Waals surface area contributed by atoms with Crippen molar-refractivity contribution in [2.24, 2.45) is 0 Å². The number of rotatable bonds is 4. The molecule has 1 aromatic rings. The summed E-state index contributed by atoms with van der Waals surface area (Å²) < 4.78 is 18.0. The number of ether oxygens (including phenoxy) is 1. The van der Waals surface area contributed by atoms with E-state index in [1.54, 1.807) is 13.2 Å². The lowest BCUT2D eigenvalue weighted by Gasteiger charge is -2.18. The molecule has 0 amide bonds. The molecule has 0 saturated carbocycles. The standard InChI is InChI=1S/C11H12FNO2.C3H8O2/c12-9-7-8(11(14)15)3-4-10(9)13-5-1-2-6-13;1-5-3-2-4/h3-4,7H,1-2,5-6H2,(H,14,15);4H,2-3H2,1H3. The van der Waals surface area contributed by atoms with Crippen LogP contribution >= 0.6 is 0 Å². The van der Waals surface area contributed by atoms with Gasteiger partial charge in [0.05, 0.1) is 24.5 Å². The molecule has 20 heavy (non-hydrogen) atoms. The number of hydrogen-bond donors (Lipinski definition) is 2. The normalized spacial score (nSPS) is 13.8. The van der Waals surface area contributed by atoms with Crippen molar-refractivity contribution in [1.29, 1.82) is 0 Å². The molecule has 0 bridgehead atoms. The molecule has 1 aliphatic heterocycles. The first-order valence-corrected chi connectivity index (χ1v) is 6.47. The number of aliphatic hydroxyl groups is 1. The molecule has 1 aliphatic rings. The third-order valence-electron chi connectivity index (χ3n) is 2.94. The minimum absolute atomic E-state index is 0.00422. The molecule has 6 heteroatoms. The number of carbonyl (C=O) groups is 1. The number of benzene rings is 1. The van der Waals surface area contributed by atoms with E-state index in [0.29, 0.717) is 12.3 Å². The molecule has 0 spiro atoms.